The SMILES string of the molecule is C=c1ccc2c(c1O)Oc1c(ccc(O)c1O)C=2c1ccc(C(=O)O)cc1. The second kappa shape index (κ2) is 5.81. The van der Waals surface area contributed by atoms with Crippen molar-refractivity contribution in [2.75, 3.05) is 0 Å². The lowest BCUT2D eigenvalue weighted by Crippen LogP contribution is -2.20. The lowest BCUT2D eigenvalue weighted by atomic mass is 9.91. The Morgan fingerprint density at radius 3 is 2.22 bits per heavy atom. The third-order valence-corrected chi connectivity index (χ3v) is 4.49. The van der Waals surface area contributed by atoms with Gasteiger partial charge < -0.3 is 25.2 Å². The van der Waals surface area contributed by atoms with E-state index in [-0.39, 0.29) is 28.6 Å². The summed E-state index contributed by atoms with van der Waals surface area (Å²) in [6.07, 6.45) is 0. The zero-order valence-corrected chi connectivity index (χ0v) is 13.9. The van der Waals surface area contributed by atoms with E-state index in [1.54, 1.807) is 30.3 Å². The average molecular weight is 362 g/mol. The molecule has 3 aromatic rings. The maximum atomic E-state index is 11.1. The highest BCUT2D eigenvalue weighted by Gasteiger charge is 2.26. The predicted molar refractivity (Wildman–Crippen MR) is 97.7 cm³/mol. The Bertz CT molecular complexity index is 1210. The Balaban J connectivity index is 2.10. The van der Waals surface area contributed by atoms with Gasteiger partial charge in [0.05, 0.1) is 5.56 Å². The van der Waals surface area contributed by atoms with Crippen LogP contribution in [0.3, 0.4) is 0 Å². The van der Waals surface area contributed by atoms with E-state index in [9.17, 15) is 20.1 Å². The molecule has 0 unspecified atom stereocenters. The maximum Gasteiger partial charge on any atom is 0.335 e. The minimum Gasteiger partial charge on any atom is -0.504 e. The molecule has 27 heavy (non-hydrogen) atoms. The van der Waals surface area contributed by atoms with Crippen LogP contribution in [-0.4, -0.2) is 26.4 Å². The number of ether oxygens (including phenoxy) is 1. The molecule has 1 aliphatic heterocycles. The standard InChI is InChI=1S/C21H14O6/c1-10-2-7-13-16(11-3-5-12(6-4-11)21(25)26)14-8-9-15(22)18(24)20(14)27-19(13)17(10)23/h2-9,22-24H,1H2,(H,25,26). The molecular formula is C21H14O6. The summed E-state index contributed by atoms with van der Waals surface area (Å²) >= 11 is 0. The third kappa shape index (κ3) is 2.46. The van der Waals surface area contributed by atoms with Crippen molar-refractivity contribution in [1.82, 2.24) is 0 Å². The molecule has 6 nitrogen and oxygen atoms in total. The Labute approximate surface area is 153 Å². The zero-order chi connectivity index (χ0) is 19.3. The van der Waals surface area contributed by atoms with Gasteiger partial charge in [-0.15, -0.1) is 0 Å². The summed E-state index contributed by atoms with van der Waals surface area (Å²) in [5, 5.41) is 40.5. The highest BCUT2D eigenvalue weighted by Crippen LogP contribution is 2.47. The van der Waals surface area contributed by atoms with Crippen molar-refractivity contribution in [3.63, 3.8) is 0 Å². The number of aromatic carboxylic acids is 1. The number of carboxylic acids is 1. The first kappa shape index (κ1) is 16.5. The summed E-state index contributed by atoms with van der Waals surface area (Å²) in [4.78, 5) is 11.1. The molecule has 1 heterocycles. The minimum atomic E-state index is -1.04. The normalized spacial score (nSPS) is 12.1. The van der Waals surface area contributed by atoms with Crippen molar-refractivity contribution in [1.29, 1.82) is 0 Å². The van der Waals surface area contributed by atoms with Crippen LogP contribution < -0.4 is 15.2 Å². The fourth-order valence-electron chi connectivity index (χ4n) is 3.11. The van der Waals surface area contributed by atoms with Gasteiger partial charge in [0.25, 0.3) is 0 Å². The molecule has 0 bridgehead atoms. The summed E-state index contributed by atoms with van der Waals surface area (Å²) in [7, 11) is 0. The number of phenols is 3. The summed E-state index contributed by atoms with van der Waals surface area (Å²) in [6.45, 7) is 3.74. The van der Waals surface area contributed by atoms with Gasteiger partial charge in [-0.05, 0) is 35.9 Å². The molecule has 4 rings (SSSR count). The van der Waals surface area contributed by atoms with Crippen molar-refractivity contribution in [2.24, 2.45) is 0 Å². The number of benzene rings is 3. The molecule has 0 spiro atoms. The summed E-state index contributed by atoms with van der Waals surface area (Å²) in [5.41, 5.74) is 1.91. The first-order chi connectivity index (χ1) is 12.9. The Kier molecular flexibility index (Phi) is 3.56. The topological polar surface area (TPSA) is 107 Å². The van der Waals surface area contributed by atoms with E-state index in [1.807, 2.05) is 0 Å². The largest absolute Gasteiger partial charge is 0.504 e. The highest BCUT2D eigenvalue weighted by atomic mass is 16.5. The Morgan fingerprint density at radius 1 is 0.852 bits per heavy atom. The molecule has 4 N–H and O–H groups in total. The van der Waals surface area contributed by atoms with E-state index in [4.69, 9.17) is 9.84 Å². The molecule has 0 saturated carbocycles. The number of carboxylic acid groups (broad SMARTS) is 1. The van der Waals surface area contributed by atoms with E-state index < -0.39 is 11.7 Å². The number of carbonyl (C=O) groups is 1. The van der Waals surface area contributed by atoms with E-state index in [2.05, 4.69) is 6.58 Å². The number of fused-ring (bicyclic) bond motifs is 2. The van der Waals surface area contributed by atoms with Gasteiger partial charge in [0.1, 0.15) is 0 Å². The predicted octanol–water partition coefficient (Wildman–Crippen LogP) is 2.26. The smallest absolute Gasteiger partial charge is 0.335 e. The Morgan fingerprint density at radius 2 is 1.56 bits per heavy atom. The van der Waals surface area contributed by atoms with Crippen molar-refractivity contribution in [3.8, 4) is 28.7 Å². The second-order valence-corrected chi connectivity index (χ2v) is 6.12. The average Bonchev–Trinajstić information content (AvgIpc) is 2.66. The van der Waals surface area contributed by atoms with Crippen LogP contribution in [0, 0.1) is 0 Å². The van der Waals surface area contributed by atoms with Crippen molar-refractivity contribution in [3.05, 3.63) is 75.7 Å². The lowest BCUT2D eigenvalue weighted by Gasteiger charge is -2.23. The van der Waals surface area contributed by atoms with E-state index in [0.717, 1.165) is 0 Å². The van der Waals surface area contributed by atoms with E-state index in [0.29, 0.717) is 27.1 Å². The molecule has 3 aromatic carbocycles. The Hall–Kier alpha value is -3.93. The van der Waals surface area contributed by atoms with Crippen molar-refractivity contribution < 1.29 is 30.0 Å². The fourth-order valence-corrected chi connectivity index (χ4v) is 3.11. The molecular weight excluding hydrogens is 348 g/mol. The summed E-state index contributed by atoms with van der Waals surface area (Å²) < 4.78 is 5.70. The van der Waals surface area contributed by atoms with E-state index >= 15 is 0 Å². The van der Waals surface area contributed by atoms with Crippen LogP contribution in [0.25, 0.3) is 12.2 Å². The van der Waals surface area contributed by atoms with Crippen LogP contribution in [0.15, 0.2) is 48.5 Å². The molecule has 0 fully saturated rings. The van der Waals surface area contributed by atoms with Crippen LogP contribution in [0.4, 0.5) is 0 Å². The van der Waals surface area contributed by atoms with Crippen molar-refractivity contribution in [2.45, 2.75) is 0 Å². The molecule has 0 aliphatic carbocycles. The molecule has 0 aromatic heterocycles. The number of aromatic hydroxyl groups is 3. The fraction of sp³-hybridized carbons (Fsp3) is 0. The molecule has 0 amide bonds. The molecule has 134 valence electrons. The first-order valence-corrected chi connectivity index (χ1v) is 8.00. The number of hydrogen-bond acceptors (Lipinski definition) is 5. The first-order valence-electron chi connectivity index (χ1n) is 8.00. The molecule has 1 aliphatic rings. The highest BCUT2D eigenvalue weighted by molar-refractivity contribution is 5.91. The van der Waals surface area contributed by atoms with Crippen LogP contribution >= 0.6 is 0 Å². The number of hydrogen-bond donors (Lipinski definition) is 4. The summed E-state index contributed by atoms with van der Waals surface area (Å²) in [5.74, 6) is -1.93. The summed E-state index contributed by atoms with van der Waals surface area (Å²) in [6, 6.07) is 12.5. The van der Waals surface area contributed by atoms with Gasteiger partial charge in [-0.2, -0.15) is 0 Å². The van der Waals surface area contributed by atoms with Crippen LogP contribution in [0.2, 0.25) is 0 Å². The minimum absolute atomic E-state index is 0.000658. The molecule has 6 heteroatoms. The monoisotopic (exact) mass is 362 g/mol. The van der Waals surface area contributed by atoms with Gasteiger partial charge in [0.2, 0.25) is 5.75 Å². The van der Waals surface area contributed by atoms with Gasteiger partial charge in [-0.3, -0.25) is 0 Å². The molecule has 0 radical (unpaired) electrons. The second-order valence-electron chi connectivity index (χ2n) is 6.12. The van der Waals surface area contributed by atoms with Gasteiger partial charge in [-0.25, -0.2) is 4.79 Å². The number of rotatable bonds is 2. The van der Waals surface area contributed by atoms with Gasteiger partial charge in [-0.1, -0.05) is 24.8 Å². The lowest BCUT2D eigenvalue weighted by molar-refractivity contribution is 0.0697. The van der Waals surface area contributed by atoms with Crippen LogP contribution in [-0.2, 0) is 0 Å². The van der Waals surface area contributed by atoms with Crippen LogP contribution in [0.5, 0.6) is 28.7 Å². The van der Waals surface area contributed by atoms with Gasteiger partial charge in [0, 0.05) is 21.6 Å². The maximum absolute atomic E-state index is 11.1. The van der Waals surface area contributed by atoms with Gasteiger partial charge in [0.15, 0.2) is 23.0 Å². The van der Waals surface area contributed by atoms with Crippen molar-refractivity contribution >= 4 is 18.1 Å². The molecule has 0 saturated heterocycles. The third-order valence-electron chi connectivity index (χ3n) is 4.49. The van der Waals surface area contributed by atoms with Crippen LogP contribution in [0.1, 0.15) is 21.5 Å². The zero-order valence-electron chi connectivity index (χ0n) is 13.9. The van der Waals surface area contributed by atoms with Gasteiger partial charge >= 0.3 is 5.97 Å². The quantitative estimate of drug-likeness (QED) is 0.408. The number of phenolic OH excluding ortho intramolecular Hbond substituents is 3. The van der Waals surface area contributed by atoms with E-state index in [1.165, 1.54) is 18.2 Å². The molecule has 0 atom stereocenters.